The predicted octanol–water partition coefficient (Wildman–Crippen LogP) is 4.09. The lowest BCUT2D eigenvalue weighted by atomic mass is 10.1. The molecule has 0 fully saturated rings. The van der Waals surface area contributed by atoms with E-state index in [0.717, 1.165) is 46.5 Å². The summed E-state index contributed by atoms with van der Waals surface area (Å²) < 4.78 is 43.6. The van der Waals surface area contributed by atoms with Crippen LogP contribution in [0, 0.1) is 0 Å². The molecule has 7 nitrogen and oxygen atoms in total. The number of nitrogens with one attached hydrogen (secondary N) is 1. The molecule has 0 amide bonds. The van der Waals surface area contributed by atoms with Gasteiger partial charge >= 0.3 is 18.3 Å². The molecule has 0 aliphatic heterocycles. The van der Waals surface area contributed by atoms with Gasteiger partial charge in [0.25, 0.3) is 0 Å². The third kappa shape index (κ3) is 6.45. The first-order valence-electron chi connectivity index (χ1n) is 8.04. The average Bonchev–Trinajstić information content (AvgIpc) is 3.02. The Bertz CT molecular complexity index is 995. The van der Waals surface area contributed by atoms with Gasteiger partial charge in [-0.2, -0.15) is 0 Å². The summed E-state index contributed by atoms with van der Waals surface area (Å²) in [5.74, 6) is -1.75. The molecular formula is C19H16F3NO6. The molecule has 3 N–H and O–H groups in total. The number of ether oxygens (including phenoxy) is 2. The number of carboxylic acid groups (broad SMARTS) is 2. The number of aromatic nitrogens is 1. The Morgan fingerprint density at radius 3 is 2.17 bits per heavy atom. The zero-order chi connectivity index (χ0) is 21.6. The molecule has 0 saturated carbocycles. The number of aromatic carboxylic acids is 1. The highest BCUT2D eigenvalue weighted by molar-refractivity contribution is 5.88. The summed E-state index contributed by atoms with van der Waals surface area (Å²) in [6, 6.07) is 9.49. The number of carbonyl (C=O) groups is 2. The van der Waals surface area contributed by atoms with E-state index in [1.54, 1.807) is 13.3 Å². The fraction of sp³-hybridized carbons (Fsp3) is 0.158. The van der Waals surface area contributed by atoms with E-state index in [0.29, 0.717) is 0 Å². The van der Waals surface area contributed by atoms with Crippen LogP contribution in [0.2, 0.25) is 0 Å². The van der Waals surface area contributed by atoms with Crippen molar-refractivity contribution in [3.05, 3.63) is 59.8 Å². The standard InChI is InChI=1S/C11H11NO3.C8H5F3O3/c1-15-8-2-3-10-9(5-8)7(6-12-10)4-11(13)14;9-8(10,11)14-6-3-1-5(2-4-6)7(12)13/h2-3,5-6,12H,4H2,1H3,(H,13,14);1-4H,(H,12,13). The van der Waals surface area contributed by atoms with Gasteiger partial charge in [-0.15, -0.1) is 13.2 Å². The van der Waals surface area contributed by atoms with Crippen LogP contribution in [0.3, 0.4) is 0 Å². The first-order valence-corrected chi connectivity index (χ1v) is 8.04. The van der Waals surface area contributed by atoms with Crippen LogP contribution in [0.25, 0.3) is 10.9 Å². The molecule has 0 aliphatic carbocycles. The smallest absolute Gasteiger partial charge is 0.497 e. The summed E-state index contributed by atoms with van der Waals surface area (Å²) >= 11 is 0. The molecule has 10 heteroatoms. The second-order valence-electron chi connectivity index (χ2n) is 5.67. The number of carboxylic acids is 2. The second-order valence-corrected chi connectivity index (χ2v) is 5.67. The normalized spacial score (nSPS) is 10.8. The predicted molar refractivity (Wildman–Crippen MR) is 96.3 cm³/mol. The molecule has 3 aromatic rings. The fourth-order valence-corrected chi connectivity index (χ4v) is 2.39. The van der Waals surface area contributed by atoms with Gasteiger partial charge in [0, 0.05) is 17.1 Å². The van der Waals surface area contributed by atoms with Crippen molar-refractivity contribution in [1.29, 1.82) is 0 Å². The molecule has 2 aromatic carbocycles. The maximum Gasteiger partial charge on any atom is 0.573 e. The van der Waals surface area contributed by atoms with Crippen molar-refractivity contribution >= 4 is 22.8 Å². The number of halogens is 3. The lowest BCUT2D eigenvalue weighted by Crippen LogP contribution is -2.17. The maximum atomic E-state index is 11.7. The summed E-state index contributed by atoms with van der Waals surface area (Å²) in [6.45, 7) is 0. The van der Waals surface area contributed by atoms with E-state index in [4.69, 9.17) is 14.9 Å². The number of methoxy groups -OCH3 is 1. The highest BCUT2D eigenvalue weighted by atomic mass is 19.4. The van der Waals surface area contributed by atoms with E-state index >= 15 is 0 Å². The number of benzene rings is 2. The van der Waals surface area contributed by atoms with Gasteiger partial charge in [-0.1, -0.05) is 0 Å². The molecule has 0 spiro atoms. The summed E-state index contributed by atoms with van der Waals surface area (Å²) in [5, 5.41) is 18.1. The Morgan fingerprint density at radius 1 is 1.03 bits per heavy atom. The highest BCUT2D eigenvalue weighted by Crippen LogP contribution is 2.24. The van der Waals surface area contributed by atoms with Gasteiger partial charge in [-0.05, 0) is 48.0 Å². The van der Waals surface area contributed by atoms with E-state index in [2.05, 4.69) is 9.72 Å². The minimum atomic E-state index is -4.76. The van der Waals surface area contributed by atoms with Crippen LogP contribution in [0.1, 0.15) is 15.9 Å². The summed E-state index contributed by atoms with van der Waals surface area (Å²) in [6.07, 6.45) is -3.02. The minimum Gasteiger partial charge on any atom is -0.497 e. The maximum absolute atomic E-state index is 11.7. The number of H-pyrrole nitrogens is 1. The van der Waals surface area contributed by atoms with Crippen LogP contribution >= 0.6 is 0 Å². The molecule has 0 unspecified atom stereocenters. The Hall–Kier alpha value is -3.69. The zero-order valence-electron chi connectivity index (χ0n) is 15.0. The van der Waals surface area contributed by atoms with Crippen LogP contribution < -0.4 is 9.47 Å². The molecule has 0 atom stereocenters. The van der Waals surface area contributed by atoms with E-state index < -0.39 is 24.1 Å². The molecule has 1 aromatic heterocycles. The van der Waals surface area contributed by atoms with Crippen LogP contribution in [0.4, 0.5) is 13.2 Å². The van der Waals surface area contributed by atoms with Gasteiger partial charge in [0.1, 0.15) is 11.5 Å². The van der Waals surface area contributed by atoms with Gasteiger partial charge < -0.3 is 24.7 Å². The molecule has 1 heterocycles. The molecular weight excluding hydrogens is 395 g/mol. The third-order valence-corrected chi connectivity index (χ3v) is 3.65. The molecule has 0 saturated heterocycles. The van der Waals surface area contributed by atoms with Gasteiger partial charge in [0.05, 0.1) is 19.1 Å². The number of hydrogen-bond acceptors (Lipinski definition) is 4. The molecule has 3 rings (SSSR count). The van der Waals surface area contributed by atoms with Crippen LogP contribution in [-0.2, 0) is 11.2 Å². The lowest BCUT2D eigenvalue weighted by molar-refractivity contribution is -0.274. The van der Waals surface area contributed by atoms with Gasteiger partial charge in [-0.3, -0.25) is 4.79 Å². The zero-order valence-corrected chi connectivity index (χ0v) is 15.0. The number of aromatic amines is 1. The van der Waals surface area contributed by atoms with Crippen LogP contribution in [0.15, 0.2) is 48.7 Å². The first-order chi connectivity index (χ1) is 13.6. The van der Waals surface area contributed by atoms with Crippen molar-refractivity contribution in [3.63, 3.8) is 0 Å². The summed E-state index contributed by atoms with van der Waals surface area (Å²) in [5.41, 5.74) is 1.60. The molecule has 0 radical (unpaired) electrons. The Kier molecular flexibility index (Phi) is 6.71. The number of alkyl halides is 3. The number of rotatable bonds is 5. The Morgan fingerprint density at radius 2 is 1.66 bits per heavy atom. The van der Waals surface area contributed by atoms with Crippen molar-refractivity contribution in [2.24, 2.45) is 0 Å². The second kappa shape index (κ2) is 9.00. The quantitative estimate of drug-likeness (QED) is 0.584. The van der Waals surface area contributed by atoms with E-state index in [-0.39, 0.29) is 12.0 Å². The summed E-state index contributed by atoms with van der Waals surface area (Å²) in [4.78, 5) is 24.0. The van der Waals surface area contributed by atoms with Crippen molar-refractivity contribution in [1.82, 2.24) is 4.98 Å². The van der Waals surface area contributed by atoms with Gasteiger partial charge in [-0.25, -0.2) is 4.79 Å². The highest BCUT2D eigenvalue weighted by Gasteiger charge is 2.31. The van der Waals surface area contributed by atoms with Gasteiger partial charge in [0.15, 0.2) is 0 Å². The SMILES string of the molecule is COc1ccc2[nH]cc(CC(=O)O)c2c1.O=C(O)c1ccc(OC(F)(F)F)cc1. The third-order valence-electron chi connectivity index (χ3n) is 3.65. The van der Waals surface area contributed by atoms with Crippen LogP contribution in [0.5, 0.6) is 11.5 Å². The van der Waals surface area contributed by atoms with Crippen molar-refractivity contribution in [3.8, 4) is 11.5 Å². The van der Waals surface area contributed by atoms with Crippen LogP contribution in [-0.4, -0.2) is 40.6 Å². The average molecular weight is 411 g/mol. The molecule has 29 heavy (non-hydrogen) atoms. The van der Waals surface area contributed by atoms with E-state index in [1.807, 2.05) is 18.2 Å². The monoisotopic (exact) mass is 411 g/mol. The summed E-state index contributed by atoms with van der Waals surface area (Å²) in [7, 11) is 1.59. The minimum absolute atomic E-state index is 0.0210. The Labute approximate surface area is 162 Å². The topological polar surface area (TPSA) is 109 Å². The van der Waals surface area contributed by atoms with E-state index in [9.17, 15) is 22.8 Å². The van der Waals surface area contributed by atoms with Crippen molar-refractivity contribution < 1.29 is 42.4 Å². The number of hydrogen-bond donors (Lipinski definition) is 3. The number of aliphatic carboxylic acids is 1. The largest absolute Gasteiger partial charge is 0.573 e. The lowest BCUT2D eigenvalue weighted by Gasteiger charge is -2.08. The number of fused-ring (bicyclic) bond motifs is 1. The molecule has 154 valence electrons. The molecule has 0 bridgehead atoms. The van der Waals surface area contributed by atoms with Crippen molar-refractivity contribution in [2.45, 2.75) is 12.8 Å². The van der Waals surface area contributed by atoms with Crippen molar-refractivity contribution in [2.75, 3.05) is 7.11 Å². The fourth-order valence-electron chi connectivity index (χ4n) is 2.39. The van der Waals surface area contributed by atoms with E-state index in [1.165, 1.54) is 0 Å². The molecule has 0 aliphatic rings. The van der Waals surface area contributed by atoms with Gasteiger partial charge in [0.2, 0.25) is 0 Å². The Balaban J connectivity index is 0.000000208. The first kappa shape index (κ1) is 21.6.